The molecule has 2 aromatic rings. The Morgan fingerprint density at radius 1 is 1.50 bits per heavy atom. The molecule has 0 saturated heterocycles. The summed E-state index contributed by atoms with van der Waals surface area (Å²) in [7, 11) is 1.58. The minimum Gasteiger partial charge on any atom is -0.497 e. The zero-order valence-corrected chi connectivity index (χ0v) is 8.75. The first-order chi connectivity index (χ1) is 7.79. The molecule has 0 unspecified atom stereocenters. The van der Waals surface area contributed by atoms with Crippen LogP contribution in [0.2, 0.25) is 0 Å². The Labute approximate surface area is 92.7 Å². The maximum Gasteiger partial charge on any atom is 0.331 e. The summed E-state index contributed by atoms with van der Waals surface area (Å²) in [5, 5.41) is 2.72. The average Bonchev–Trinajstić information content (AvgIpc) is 2.83. The molecule has 5 heteroatoms. The van der Waals surface area contributed by atoms with Gasteiger partial charge in [0.05, 0.1) is 7.11 Å². The number of amides is 1. The summed E-state index contributed by atoms with van der Waals surface area (Å²) in [6.45, 7) is 0. The van der Waals surface area contributed by atoms with Crippen LogP contribution in [-0.4, -0.2) is 22.7 Å². The second-order valence-corrected chi connectivity index (χ2v) is 3.13. The number of imidazole rings is 1. The molecule has 0 bridgehead atoms. The molecule has 0 atom stereocenters. The number of nitrogens with zero attached hydrogens (tertiary/aromatic N) is 2. The first-order valence-corrected chi connectivity index (χ1v) is 4.73. The van der Waals surface area contributed by atoms with Crippen molar-refractivity contribution in [2.45, 2.75) is 0 Å². The second kappa shape index (κ2) is 4.48. The quantitative estimate of drug-likeness (QED) is 0.836. The van der Waals surface area contributed by atoms with Crippen LogP contribution in [0, 0.1) is 0 Å². The number of aromatic nitrogens is 2. The van der Waals surface area contributed by atoms with E-state index in [0.29, 0.717) is 11.4 Å². The van der Waals surface area contributed by atoms with Gasteiger partial charge in [-0.25, -0.2) is 9.78 Å². The predicted molar refractivity (Wildman–Crippen MR) is 59.6 cm³/mol. The van der Waals surface area contributed by atoms with Crippen LogP contribution in [0.15, 0.2) is 43.0 Å². The zero-order chi connectivity index (χ0) is 11.4. The highest BCUT2D eigenvalue weighted by Gasteiger charge is 2.04. The minimum absolute atomic E-state index is 0.259. The minimum atomic E-state index is -0.259. The smallest absolute Gasteiger partial charge is 0.331 e. The van der Waals surface area contributed by atoms with E-state index in [1.807, 2.05) is 12.1 Å². The van der Waals surface area contributed by atoms with Crippen molar-refractivity contribution >= 4 is 11.7 Å². The molecular formula is C11H11N3O2. The molecule has 1 N–H and O–H groups in total. The summed E-state index contributed by atoms with van der Waals surface area (Å²) < 4.78 is 6.42. The summed E-state index contributed by atoms with van der Waals surface area (Å²) in [5.41, 5.74) is 0.679. The SMILES string of the molecule is COc1cccc(NC(=O)n2ccnc2)c1. The van der Waals surface area contributed by atoms with E-state index in [2.05, 4.69) is 10.3 Å². The lowest BCUT2D eigenvalue weighted by atomic mass is 10.3. The van der Waals surface area contributed by atoms with Gasteiger partial charge in [0, 0.05) is 24.1 Å². The van der Waals surface area contributed by atoms with Crippen molar-refractivity contribution in [3.05, 3.63) is 43.0 Å². The number of benzene rings is 1. The Bertz CT molecular complexity index is 480. The first-order valence-electron chi connectivity index (χ1n) is 4.73. The Hall–Kier alpha value is -2.30. The molecule has 2 rings (SSSR count). The van der Waals surface area contributed by atoms with Gasteiger partial charge >= 0.3 is 6.03 Å². The van der Waals surface area contributed by atoms with E-state index >= 15 is 0 Å². The third-order valence-electron chi connectivity index (χ3n) is 2.06. The van der Waals surface area contributed by atoms with Gasteiger partial charge in [0.25, 0.3) is 0 Å². The molecule has 5 nitrogen and oxygen atoms in total. The highest BCUT2D eigenvalue weighted by atomic mass is 16.5. The number of ether oxygens (including phenoxy) is 1. The Kier molecular flexibility index (Phi) is 2.86. The van der Waals surface area contributed by atoms with Gasteiger partial charge in [0.1, 0.15) is 12.1 Å². The monoisotopic (exact) mass is 217 g/mol. The van der Waals surface area contributed by atoms with E-state index in [9.17, 15) is 4.79 Å². The number of hydrogen-bond donors (Lipinski definition) is 1. The fourth-order valence-electron chi connectivity index (χ4n) is 1.27. The van der Waals surface area contributed by atoms with Crippen LogP contribution >= 0.6 is 0 Å². The first kappa shape index (κ1) is 10.2. The van der Waals surface area contributed by atoms with E-state index in [-0.39, 0.29) is 6.03 Å². The molecule has 0 aliphatic heterocycles. The molecule has 0 aliphatic carbocycles. The fourth-order valence-corrected chi connectivity index (χ4v) is 1.27. The lowest BCUT2D eigenvalue weighted by Gasteiger charge is -2.06. The average molecular weight is 217 g/mol. The molecule has 0 saturated carbocycles. The molecule has 0 fully saturated rings. The van der Waals surface area contributed by atoms with E-state index in [1.165, 1.54) is 10.9 Å². The number of nitrogens with one attached hydrogen (secondary N) is 1. The van der Waals surface area contributed by atoms with Gasteiger partial charge in [-0.05, 0) is 12.1 Å². The van der Waals surface area contributed by atoms with Crippen LogP contribution in [0.25, 0.3) is 0 Å². The van der Waals surface area contributed by atoms with Crippen LogP contribution in [0.5, 0.6) is 5.75 Å². The van der Waals surface area contributed by atoms with Crippen LogP contribution in [0.3, 0.4) is 0 Å². The van der Waals surface area contributed by atoms with Gasteiger partial charge in [0.2, 0.25) is 0 Å². The summed E-state index contributed by atoms with van der Waals surface area (Å²) in [5.74, 6) is 0.698. The van der Waals surface area contributed by atoms with Crippen molar-refractivity contribution in [1.82, 2.24) is 9.55 Å². The molecule has 1 aromatic carbocycles. The summed E-state index contributed by atoms with van der Waals surface area (Å²) in [6, 6.07) is 6.90. The number of carbonyl (C=O) groups is 1. The Morgan fingerprint density at radius 2 is 2.38 bits per heavy atom. The molecule has 0 aliphatic rings. The van der Waals surface area contributed by atoms with Gasteiger partial charge in [-0.1, -0.05) is 6.07 Å². The lowest BCUT2D eigenvalue weighted by molar-refractivity contribution is 0.253. The number of hydrogen-bond acceptors (Lipinski definition) is 3. The van der Waals surface area contributed by atoms with Crippen molar-refractivity contribution < 1.29 is 9.53 Å². The Morgan fingerprint density at radius 3 is 3.06 bits per heavy atom. The predicted octanol–water partition coefficient (Wildman–Crippen LogP) is 1.97. The van der Waals surface area contributed by atoms with Gasteiger partial charge in [-0.2, -0.15) is 0 Å². The van der Waals surface area contributed by atoms with Crippen LogP contribution < -0.4 is 10.1 Å². The maximum atomic E-state index is 11.6. The number of carbonyl (C=O) groups excluding carboxylic acids is 1. The molecule has 1 aromatic heterocycles. The molecule has 1 amide bonds. The van der Waals surface area contributed by atoms with Gasteiger partial charge in [-0.15, -0.1) is 0 Å². The molecule has 82 valence electrons. The van der Waals surface area contributed by atoms with Crippen molar-refractivity contribution in [3.63, 3.8) is 0 Å². The molecular weight excluding hydrogens is 206 g/mol. The third-order valence-corrected chi connectivity index (χ3v) is 2.06. The zero-order valence-electron chi connectivity index (χ0n) is 8.75. The topological polar surface area (TPSA) is 56.1 Å². The van der Waals surface area contributed by atoms with Gasteiger partial charge in [-0.3, -0.25) is 4.57 Å². The number of methoxy groups -OCH3 is 1. The molecule has 1 heterocycles. The Balaban J connectivity index is 2.12. The second-order valence-electron chi connectivity index (χ2n) is 3.13. The number of anilines is 1. The van der Waals surface area contributed by atoms with Gasteiger partial charge in [0.15, 0.2) is 0 Å². The van der Waals surface area contributed by atoms with Crippen molar-refractivity contribution in [1.29, 1.82) is 0 Å². The van der Waals surface area contributed by atoms with Crippen LogP contribution in [0.1, 0.15) is 0 Å². The standard InChI is InChI=1S/C11H11N3O2/c1-16-10-4-2-3-9(7-10)13-11(15)14-6-5-12-8-14/h2-8H,1H3,(H,13,15). The molecule has 0 spiro atoms. The molecule has 0 radical (unpaired) electrons. The maximum absolute atomic E-state index is 11.6. The third kappa shape index (κ3) is 2.20. The number of rotatable bonds is 2. The van der Waals surface area contributed by atoms with Crippen LogP contribution in [0.4, 0.5) is 10.5 Å². The highest BCUT2D eigenvalue weighted by Crippen LogP contribution is 2.16. The summed E-state index contributed by atoms with van der Waals surface area (Å²) in [4.78, 5) is 15.4. The fraction of sp³-hybridized carbons (Fsp3) is 0.0909. The van der Waals surface area contributed by atoms with Crippen molar-refractivity contribution in [2.24, 2.45) is 0 Å². The van der Waals surface area contributed by atoms with E-state index in [1.54, 1.807) is 31.6 Å². The van der Waals surface area contributed by atoms with Crippen molar-refractivity contribution in [2.75, 3.05) is 12.4 Å². The van der Waals surface area contributed by atoms with E-state index < -0.39 is 0 Å². The normalized spacial score (nSPS) is 9.81. The van der Waals surface area contributed by atoms with Gasteiger partial charge < -0.3 is 10.1 Å². The summed E-state index contributed by atoms with van der Waals surface area (Å²) in [6.07, 6.45) is 4.57. The van der Waals surface area contributed by atoms with Crippen molar-refractivity contribution in [3.8, 4) is 5.75 Å². The highest BCUT2D eigenvalue weighted by molar-refractivity contribution is 5.91. The summed E-state index contributed by atoms with van der Waals surface area (Å²) >= 11 is 0. The van der Waals surface area contributed by atoms with E-state index in [0.717, 1.165) is 0 Å². The lowest BCUT2D eigenvalue weighted by Crippen LogP contribution is -2.17. The van der Waals surface area contributed by atoms with E-state index in [4.69, 9.17) is 4.74 Å². The largest absolute Gasteiger partial charge is 0.497 e. The molecule has 16 heavy (non-hydrogen) atoms. The van der Waals surface area contributed by atoms with Crippen LogP contribution in [-0.2, 0) is 0 Å².